The van der Waals surface area contributed by atoms with E-state index in [0.29, 0.717) is 13.0 Å². The van der Waals surface area contributed by atoms with E-state index in [9.17, 15) is 13.9 Å². The molecule has 0 radical (unpaired) electrons. The lowest BCUT2D eigenvalue weighted by Crippen LogP contribution is -2.17. The van der Waals surface area contributed by atoms with Crippen molar-refractivity contribution in [3.8, 4) is 0 Å². The molecule has 2 nitrogen and oxygen atoms in total. The molecule has 1 atom stereocenters. The molecule has 0 aliphatic rings. The van der Waals surface area contributed by atoms with Gasteiger partial charge in [0.05, 0.1) is 6.10 Å². The number of halogens is 2. The Hall–Kier alpha value is -1.00. The zero-order chi connectivity index (χ0) is 10.6. The van der Waals surface area contributed by atoms with E-state index in [1.807, 2.05) is 0 Å². The molecule has 1 unspecified atom stereocenters. The van der Waals surface area contributed by atoms with Crippen molar-refractivity contribution in [2.45, 2.75) is 18.9 Å². The van der Waals surface area contributed by atoms with Crippen LogP contribution in [0.2, 0.25) is 0 Å². The summed E-state index contributed by atoms with van der Waals surface area (Å²) >= 11 is 0. The highest BCUT2D eigenvalue weighted by Crippen LogP contribution is 2.14. The van der Waals surface area contributed by atoms with Crippen molar-refractivity contribution in [1.82, 2.24) is 0 Å². The first-order valence-corrected chi connectivity index (χ1v) is 4.46. The first kappa shape index (κ1) is 11.1. The monoisotopic (exact) mass is 201 g/mol. The second-order valence-corrected chi connectivity index (χ2v) is 3.14. The summed E-state index contributed by atoms with van der Waals surface area (Å²) in [5, 5.41) is 9.34. The lowest BCUT2D eigenvalue weighted by atomic mass is 10.0. The van der Waals surface area contributed by atoms with Crippen LogP contribution in [0.15, 0.2) is 18.2 Å². The molecule has 1 aromatic rings. The molecule has 0 bridgehead atoms. The highest BCUT2D eigenvalue weighted by molar-refractivity contribution is 5.20. The van der Waals surface area contributed by atoms with Crippen LogP contribution in [0.25, 0.3) is 0 Å². The Kier molecular flexibility index (Phi) is 3.98. The molecule has 3 N–H and O–H groups in total. The molecule has 0 aromatic heterocycles. The second kappa shape index (κ2) is 5.02. The van der Waals surface area contributed by atoms with Gasteiger partial charge in [-0.3, -0.25) is 0 Å². The second-order valence-electron chi connectivity index (χ2n) is 3.14. The standard InChI is InChI=1S/C10H13F2NO/c11-9-2-1-3-10(12)8(9)6-7(14)4-5-13/h1-3,7,14H,4-6,13H2. The normalized spacial score (nSPS) is 12.9. The van der Waals surface area contributed by atoms with Crippen LogP contribution in [0.4, 0.5) is 8.78 Å². The molecule has 14 heavy (non-hydrogen) atoms. The van der Waals surface area contributed by atoms with Gasteiger partial charge in [0.15, 0.2) is 0 Å². The maximum atomic E-state index is 13.1. The number of hydrogen-bond donors (Lipinski definition) is 2. The Morgan fingerprint density at radius 3 is 2.36 bits per heavy atom. The molecule has 0 aliphatic carbocycles. The van der Waals surface area contributed by atoms with E-state index in [1.54, 1.807) is 0 Å². The zero-order valence-electron chi connectivity index (χ0n) is 7.71. The lowest BCUT2D eigenvalue weighted by Gasteiger charge is -2.10. The van der Waals surface area contributed by atoms with E-state index in [0.717, 1.165) is 0 Å². The maximum absolute atomic E-state index is 13.1. The van der Waals surface area contributed by atoms with Crippen LogP contribution in [-0.2, 0) is 6.42 Å². The number of hydrogen-bond acceptors (Lipinski definition) is 2. The Bertz CT molecular complexity index is 284. The van der Waals surface area contributed by atoms with E-state index >= 15 is 0 Å². The summed E-state index contributed by atoms with van der Waals surface area (Å²) in [5.41, 5.74) is 5.14. The Morgan fingerprint density at radius 2 is 1.86 bits per heavy atom. The quantitative estimate of drug-likeness (QED) is 0.769. The Labute approximate surface area is 81.4 Å². The van der Waals surface area contributed by atoms with Crippen LogP contribution in [0.5, 0.6) is 0 Å². The molecule has 0 heterocycles. The molecule has 0 fully saturated rings. The van der Waals surface area contributed by atoms with Crippen LogP contribution < -0.4 is 5.73 Å². The highest BCUT2D eigenvalue weighted by Gasteiger charge is 2.12. The number of aliphatic hydroxyl groups is 1. The van der Waals surface area contributed by atoms with Crippen molar-refractivity contribution in [2.75, 3.05) is 6.54 Å². The average Bonchev–Trinajstić information content (AvgIpc) is 2.12. The molecule has 78 valence electrons. The molecule has 0 saturated heterocycles. The van der Waals surface area contributed by atoms with Gasteiger partial charge in [0.1, 0.15) is 11.6 Å². The highest BCUT2D eigenvalue weighted by atomic mass is 19.1. The molecule has 1 rings (SSSR count). The van der Waals surface area contributed by atoms with Gasteiger partial charge in [0, 0.05) is 12.0 Å². The molecule has 0 aliphatic heterocycles. The maximum Gasteiger partial charge on any atom is 0.129 e. The molecule has 1 aromatic carbocycles. The van der Waals surface area contributed by atoms with Crippen LogP contribution in [-0.4, -0.2) is 17.8 Å². The minimum atomic E-state index is -0.786. The number of benzene rings is 1. The SMILES string of the molecule is NCCC(O)Cc1c(F)cccc1F. The number of nitrogens with two attached hydrogens (primary N) is 1. The molecular formula is C10H13F2NO. The van der Waals surface area contributed by atoms with Gasteiger partial charge in [-0.2, -0.15) is 0 Å². The number of aliphatic hydroxyl groups excluding tert-OH is 1. The van der Waals surface area contributed by atoms with Gasteiger partial charge >= 0.3 is 0 Å². The third-order valence-corrected chi connectivity index (χ3v) is 2.00. The van der Waals surface area contributed by atoms with Gasteiger partial charge in [-0.05, 0) is 25.1 Å². The predicted molar refractivity (Wildman–Crippen MR) is 49.7 cm³/mol. The third kappa shape index (κ3) is 2.75. The molecular weight excluding hydrogens is 188 g/mol. The van der Waals surface area contributed by atoms with Gasteiger partial charge in [0.2, 0.25) is 0 Å². The van der Waals surface area contributed by atoms with Crippen molar-refractivity contribution in [3.63, 3.8) is 0 Å². The van der Waals surface area contributed by atoms with E-state index in [-0.39, 0.29) is 12.0 Å². The van der Waals surface area contributed by atoms with Crippen molar-refractivity contribution in [2.24, 2.45) is 5.73 Å². The summed E-state index contributed by atoms with van der Waals surface area (Å²) in [6.07, 6.45) is -0.477. The van der Waals surface area contributed by atoms with Crippen molar-refractivity contribution in [3.05, 3.63) is 35.4 Å². The van der Waals surface area contributed by atoms with E-state index in [4.69, 9.17) is 5.73 Å². The third-order valence-electron chi connectivity index (χ3n) is 2.00. The molecule has 0 spiro atoms. The summed E-state index contributed by atoms with van der Waals surface area (Å²) in [5.74, 6) is -1.25. The average molecular weight is 201 g/mol. The summed E-state index contributed by atoms with van der Waals surface area (Å²) in [4.78, 5) is 0. The predicted octanol–water partition coefficient (Wildman–Crippen LogP) is 1.22. The van der Waals surface area contributed by atoms with Crippen molar-refractivity contribution >= 4 is 0 Å². The van der Waals surface area contributed by atoms with E-state index < -0.39 is 17.7 Å². The van der Waals surface area contributed by atoms with Crippen LogP contribution in [0.1, 0.15) is 12.0 Å². The van der Waals surface area contributed by atoms with Crippen LogP contribution >= 0.6 is 0 Å². The van der Waals surface area contributed by atoms with Gasteiger partial charge < -0.3 is 10.8 Å². The first-order chi connectivity index (χ1) is 6.65. The Balaban J connectivity index is 2.75. The van der Waals surface area contributed by atoms with Crippen molar-refractivity contribution in [1.29, 1.82) is 0 Å². The van der Waals surface area contributed by atoms with E-state index in [2.05, 4.69) is 0 Å². The fourth-order valence-corrected chi connectivity index (χ4v) is 1.26. The van der Waals surface area contributed by atoms with Gasteiger partial charge in [-0.25, -0.2) is 8.78 Å². The minimum Gasteiger partial charge on any atom is -0.393 e. The summed E-state index contributed by atoms with van der Waals surface area (Å²) in [6, 6.07) is 3.64. The minimum absolute atomic E-state index is 0.0320. The molecule has 0 saturated carbocycles. The van der Waals surface area contributed by atoms with Crippen LogP contribution in [0.3, 0.4) is 0 Å². The smallest absolute Gasteiger partial charge is 0.129 e. The van der Waals surface area contributed by atoms with Gasteiger partial charge in [-0.1, -0.05) is 6.07 Å². The molecule has 0 amide bonds. The first-order valence-electron chi connectivity index (χ1n) is 4.46. The van der Waals surface area contributed by atoms with E-state index in [1.165, 1.54) is 18.2 Å². The fraction of sp³-hybridized carbons (Fsp3) is 0.400. The largest absolute Gasteiger partial charge is 0.393 e. The van der Waals surface area contributed by atoms with Crippen LogP contribution in [0, 0.1) is 11.6 Å². The fourth-order valence-electron chi connectivity index (χ4n) is 1.26. The summed E-state index contributed by atoms with van der Waals surface area (Å²) in [6.45, 7) is 0.303. The van der Waals surface area contributed by atoms with Gasteiger partial charge in [-0.15, -0.1) is 0 Å². The van der Waals surface area contributed by atoms with Gasteiger partial charge in [0.25, 0.3) is 0 Å². The lowest BCUT2D eigenvalue weighted by molar-refractivity contribution is 0.165. The summed E-state index contributed by atoms with van der Waals surface area (Å²) in [7, 11) is 0. The molecule has 4 heteroatoms. The van der Waals surface area contributed by atoms with Crippen molar-refractivity contribution < 1.29 is 13.9 Å². The zero-order valence-corrected chi connectivity index (χ0v) is 7.71. The summed E-state index contributed by atoms with van der Waals surface area (Å²) < 4.78 is 26.1. The number of rotatable bonds is 4. The Morgan fingerprint density at radius 1 is 1.29 bits per heavy atom. The topological polar surface area (TPSA) is 46.2 Å².